The molecule has 0 unspecified atom stereocenters. The van der Waals surface area contributed by atoms with E-state index in [1.807, 2.05) is 30.3 Å². The fraction of sp³-hybridized carbons (Fsp3) is 0.0769. The number of aldehydes is 1. The van der Waals surface area contributed by atoms with E-state index < -0.39 is 0 Å². The lowest BCUT2D eigenvalue weighted by Crippen LogP contribution is -1.94. The molecule has 0 fully saturated rings. The van der Waals surface area contributed by atoms with Gasteiger partial charge in [-0.3, -0.25) is 9.48 Å². The van der Waals surface area contributed by atoms with Gasteiger partial charge in [0.2, 0.25) is 0 Å². The largest absolute Gasteiger partial charge is 0.298 e. The smallest absolute Gasteiger partial charge is 0.153 e. The van der Waals surface area contributed by atoms with E-state index in [0.717, 1.165) is 17.5 Å². The predicted octanol–water partition coefficient (Wildman–Crippen LogP) is 2.55. The third-order valence-corrected chi connectivity index (χ3v) is 2.28. The van der Waals surface area contributed by atoms with Crippen LogP contribution in [0, 0.1) is 0 Å². The maximum absolute atomic E-state index is 10.9. The molecule has 0 aliphatic carbocycles. The summed E-state index contributed by atoms with van der Waals surface area (Å²) in [6.07, 6.45) is 4.31. The van der Waals surface area contributed by atoms with Gasteiger partial charge in [-0.05, 0) is 0 Å². The zero-order chi connectivity index (χ0) is 11.4. The molecule has 0 aliphatic rings. The van der Waals surface area contributed by atoms with Crippen molar-refractivity contribution in [3.8, 4) is 11.3 Å². The minimum absolute atomic E-state index is 0.605. The average Bonchev–Trinajstić information content (AvgIpc) is 2.74. The Morgan fingerprint density at radius 3 is 2.69 bits per heavy atom. The highest BCUT2D eigenvalue weighted by Crippen LogP contribution is 2.20. The first-order valence-corrected chi connectivity index (χ1v) is 5.04. The first kappa shape index (κ1) is 10.4. The fourth-order valence-corrected chi connectivity index (χ4v) is 1.57. The van der Waals surface area contributed by atoms with E-state index in [0.29, 0.717) is 12.1 Å². The van der Waals surface area contributed by atoms with Gasteiger partial charge < -0.3 is 0 Å². The second-order valence-electron chi connectivity index (χ2n) is 3.43. The Morgan fingerprint density at radius 2 is 2.06 bits per heavy atom. The van der Waals surface area contributed by atoms with Crippen molar-refractivity contribution < 1.29 is 4.79 Å². The van der Waals surface area contributed by atoms with Gasteiger partial charge in [-0.1, -0.05) is 36.4 Å². The molecule has 0 atom stereocenters. The van der Waals surface area contributed by atoms with Crippen molar-refractivity contribution in [2.45, 2.75) is 6.54 Å². The molecular weight excluding hydrogens is 200 g/mol. The summed E-state index contributed by atoms with van der Waals surface area (Å²) in [6, 6.07) is 9.67. The standard InChI is InChI=1S/C13H12N2O/c1-2-8-15-9-12(10-16)13(14-15)11-6-4-3-5-7-11/h2-7,9-10H,1,8H2. The molecule has 0 spiro atoms. The minimum atomic E-state index is 0.605. The Labute approximate surface area is 94.0 Å². The Balaban J connectivity index is 2.47. The maximum atomic E-state index is 10.9. The number of hydrogen-bond donors (Lipinski definition) is 0. The Morgan fingerprint density at radius 1 is 1.31 bits per heavy atom. The van der Waals surface area contributed by atoms with E-state index in [1.165, 1.54) is 0 Å². The third kappa shape index (κ3) is 1.93. The molecule has 2 rings (SSSR count). The summed E-state index contributed by atoms with van der Waals surface area (Å²) in [5.41, 5.74) is 2.28. The molecule has 0 amide bonds. The first-order chi connectivity index (χ1) is 7.85. The van der Waals surface area contributed by atoms with Crippen LogP contribution in [-0.4, -0.2) is 16.1 Å². The summed E-state index contributed by atoms with van der Waals surface area (Å²) in [6.45, 7) is 4.25. The van der Waals surface area contributed by atoms with Crippen LogP contribution in [-0.2, 0) is 6.54 Å². The van der Waals surface area contributed by atoms with Crippen molar-refractivity contribution in [1.29, 1.82) is 0 Å². The van der Waals surface area contributed by atoms with Crippen LogP contribution in [0.1, 0.15) is 10.4 Å². The van der Waals surface area contributed by atoms with Gasteiger partial charge in [0.1, 0.15) is 5.69 Å². The van der Waals surface area contributed by atoms with Crippen LogP contribution in [0.15, 0.2) is 49.2 Å². The topological polar surface area (TPSA) is 34.9 Å². The summed E-state index contributed by atoms with van der Waals surface area (Å²) in [5, 5.41) is 4.36. The molecule has 0 radical (unpaired) electrons. The predicted molar refractivity (Wildman–Crippen MR) is 63.2 cm³/mol. The second-order valence-corrected chi connectivity index (χ2v) is 3.43. The Hall–Kier alpha value is -2.16. The number of hydrogen-bond acceptors (Lipinski definition) is 2. The molecule has 1 aromatic heterocycles. The number of aromatic nitrogens is 2. The van der Waals surface area contributed by atoms with Crippen LogP contribution >= 0.6 is 0 Å². The summed E-state index contributed by atoms with van der Waals surface area (Å²) in [7, 11) is 0. The van der Waals surface area contributed by atoms with Crippen molar-refractivity contribution in [2.75, 3.05) is 0 Å². The van der Waals surface area contributed by atoms with Gasteiger partial charge in [0.15, 0.2) is 6.29 Å². The van der Waals surface area contributed by atoms with Gasteiger partial charge in [0.25, 0.3) is 0 Å². The molecule has 0 saturated carbocycles. The van der Waals surface area contributed by atoms with E-state index >= 15 is 0 Å². The summed E-state index contributed by atoms with van der Waals surface area (Å²) in [4.78, 5) is 10.9. The molecule has 0 bridgehead atoms. The van der Waals surface area contributed by atoms with Crippen molar-refractivity contribution in [3.05, 3.63) is 54.7 Å². The molecule has 0 aliphatic heterocycles. The quantitative estimate of drug-likeness (QED) is 0.576. The van der Waals surface area contributed by atoms with E-state index in [4.69, 9.17) is 0 Å². The molecule has 80 valence electrons. The number of carbonyl (C=O) groups excluding carboxylic acids is 1. The van der Waals surface area contributed by atoms with Crippen LogP contribution in [0.25, 0.3) is 11.3 Å². The van der Waals surface area contributed by atoms with Gasteiger partial charge in [0.05, 0.1) is 12.1 Å². The lowest BCUT2D eigenvalue weighted by atomic mass is 10.1. The van der Waals surface area contributed by atoms with Crippen LogP contribution < -0.4 is 0 Å². The lowest BCUT2D eigenvalue weighted by Gasteiger charge is -1.96. The number of rotatable bonds is 4. The monoisotopic (exact) mass is 212 g/mol. The lowest BCUT2D eigenvalue weighted by molar-refractivity contribution is 0.112. The van der Waals surface area contributed by atoms with E-state index in [9.17, 15) is 4.79 Å². The number of carbonyl (C=O) groups is 1. The number of benzene rings is 1. The zero-order valence-corrected chi connectivity index (χ0v) is 8.84. The average molecular weight is 212 g/mol. The van der Waals surface area contributed by atoms with Gasteiger partial charge in [0, 0.05) is 11.8 Å². The summed E-state index contributed by atoms with van der Waals surface area (Å²) >= 11 is 0. The van der Waals surface area contributed by atoms with Crippen LogP contribution in [0.3, 0.4) is 0 Å². The molecule has 3 heteroatoms. The van der Waals surface area contributed by atoms with Gasteiger partial charge in [-0.15, -0.1) is 6.58 Å². The molecular formula is C13H12N2O. The van der Waals surface area contributed by atoms with E-state index in [-0.39, 0.29) is 0 Å². The van der Waals surface area contributed by atoms with Crippen LogP contribution in [0.2, 0.25) is 0 Å². The normalized spacial score (nSPS) is 10.0. The van der Waals surface area contributed by atoms with Crippen molar-refractivity contribution in [3.63, 3.8) is 0 Å². The highest BCUT2D eigenvalue weighted by molar-refractivity contribution is 5.85. The molecule has 16 heavy (non-hydrogen) atoms. The Kier molecular flexibility index (Phi) is 2.96. The first-order valence-electron chi connectivity index (χ1n) is 5.04. The summed E-state index contributed by atoms with van der Waals surface area (Å²) < 4.78 is 1.71. The minimum Gasteiger partial charge on any atom is -0.298 e. The molecule has 0 saturated heterocycles. The molecule has 1 heterocycles. The molecule has 2 aromatic rings. The third-order valence-electron chi connectivity index (χ3n) is 2.28. The van der Waals surface area contributed by atoms with Gasteiger partial charge in [-0.25, -0.2) is 0 Å². The molecule has 1 aromatic carbocycles. The van der Waals surface area contributed by atoms with Crippen LogP contribution in [0.5, 0.6) is 0 Å². The van der Waals surface area contributed by atoms with Crippen molar-refractivity contribution in [2.24, 2.45) is 0 Å². The molecule has 0 N–H and O–H groups in total. The fourth-order valence-electron chi connectivity index (χ4n) is 1.57. The van der Waals surface area contributed by atoms with Crippen LogP contribution in [0.4, 0.5) is 0 Å². The second kappa shape index (κ2) is 4.57. The zero-order valence-electron chi connectivity index (χ0n) is 8.84. The number of nitrogens with zero attached hydrogens (tertiary/aromatic N) is 2. The molecule has 3 nitrogen and oxygen atoms in total. The highest BCUT2D eigenvalue weighted by Gasteiger charge is 2.09. The number of allylic oxidation sites excluding steroid dienone is 1. The van der Waals surface area contributed by atoms with E-state index in [1.54, 1.807) is 17.0 Å². The SMILES string of the molecule is C=CCn1cc(C=O)c(-c2ccccc2)n1. The van der Waals surface area contributed by atoms with Gasteiger partial charge in [-0.2, -0.15) is 5.10 Å². The van der Waals surface area contributed by atoms with Gasteiger partial charge >= 0.3 is 0 Å². The van der Waals surface area contributed by atoms with Crippen molar-refractivity contribution in [1.82, 2.24) is 9.78 Å². The Bertz CT molecular complexity index is 500. The van der Waals surface area contributed by atoms with E-state index in [2.05, 4.69) is 11.7 Å². The summed E-state index contributed by atoms with van der Waals surface area (Å²) in [5.74, 6) is 0. The van der Waals surface area contributed by atoms with Crippen molar-refractivity contribution >= 4 is 6.29 Å². The highest BCUT2D eigenvalue weighted by atomic mass is 16.1. The maximum Gasteiger partial charge on any atom is 0.153 e.